The Morgan fingerprint density at radius 3 is 1.87 bits per heavy atom. The third kappa shape index (κ3) is 4.80. The summed E-state index contributed by atoms with van der Waals surface area (Å²) in [7, 11) is 0. The molecular formula is C66H56BN3. The molecule has 6 bridgehead atoms. The van der Waals surface area contributed by atoms with E-state index in [1.54, 1.807) is 11.1 Å². The van der Waals surface area contributed by atoms with Gasteiger partial charge in [-0.1, -0.05) is 97.1 Å². The molecule has 0 radical (unpaired) electrons. The predicted molar refractivity (Wildman–Crippen MR) is 292 cm³/mol. The van der Waals surface area contributed by atoms with E-state index in [1.807, 2.05) is 0 Å². The number of benzene rings is 8. The summed E-state index contributed by atoms with van der Waals surface area (Å²) in [4.78, 5) is 2.52. The van der Waals surface area contributed by atoms with E-state index in [9.17, 15) is 0 Å². The number of hydrogen-bond acceptors (Lipinski definition) is 1. The third-order valence-corrected chi connectivity index (χ3v) is 21.1. The molecule has 3 nitrogen and oxygen atoms in total. The zero-order valence-corrected chi connectivity index (χ0v) is 39.9. The van der Waals surface area contributed by atoms with Gasteiger partial charge in [0, 0.05) is 66.3 Å². The number of fused-ring (bicyclic) bond motifs is 16. The van der Waals surface area contributed by atoms with Gasteiger partial charge in [0.05, 0.1) is 11.0 Å². The Bertz CT molecular complexity index is 3890. The highest BCUT2D eigenvalue weighted by atomic mass is 15.1. The van der Waals surface area contributed by atoms with Crippen molar-refractivity contribution in [2.45, 2.75) is 87.9 Å². The highest BCUT2D eigenvalue weighted by Crippen LogP contribution is 2.64. The molecule has 4 heterocycles. The first kappa shape index (κ1) is 38.3. The molecule has 2 aliphatic heterocycles. The molecule has 0 saturated heterocycles. The van der Waals surface area contributed by atoms with Crippen molar-refractivity contribution in [3.63, 3.8) is 0 Å². The second kappa shape index (κ2) is 13.3. The normalized spacial score (nSPS) is 28.3. The molecule has 8 unspecified atom stereocenters. The number of para-hydroxylation sites is 3. The summed E-state index contributed by atoms with van der Waals surface area (Å²) < 4.78 is 5.59. The average Bonchev–Trinajstić information content (AvgIpc) is 4.05. The van der Waals surface area contributed by atoms with Crippen LogP contribution in [0, 0.1) is 35.5 Å². The zero-order chi connectivity index (χ0) is 45.2. The summed E-state index contributed by atoms with van der Waals surface area (Å²) in [6.07, 6.45) is 17.0. The largest absolute Gasteiger partial charge is 0.375 e. The van der Waals surface area contributed by atoms with Crippen molar-refractivity contribution in [1.29, 1.82) is 0 Å². The van der Waals surface area contributed by atoms with Crippen LogP contribution in [0.4, 0.5) is 17.1 Å². The van der Waals surface area contributed by atoms with Crippen LogP contribution in [0.3, 0.4) is 0 Å². The highest BCUT2D eigenvalue weighted by Gasteiger charge is 2.54. The van der Waals surface area contributed by atoms with E-state index in [1.165, 1.54) is 176 Å². The first-order valence-electron chi connectivity index (χ1n) is 27.2. The van der Waals surface area contributed by atoms with Crippen molar-refractivity contribution in [2.24, 2.45) is 35.5 Å². The van der Waals surface area contributed by atoms with Crippen LogP contribution < -0.4 is 15.8 Å². The third-order valence-electron chi connectivity index (χ3n) is 21.1. The summed E-state index contributed by atoms with van der Waals surface area (Å²) in [6.45, 7) is 0.0233. The molecule has 0 N–H and O–H groups in total. The summed E-state index contributed by atoms with van der Waals surface area (Å²) in [5.41, 5.74) is 20.0. The average molecular weight is 902 g/mol. The number of nitrogens with zero attached hydrogens (tertiary/aromatic N) is 3. The van der Waals surface area contributed by atoms with E-state index in [4.69, 9.17) is 0 Å². The van der Waals surface area contributed by atoms with Gasteiger partial charge in [0.15, 0.2) is 0 Å². The molecular weight excluding hydrogens is 846 g/mol. The minimum Gasteiger partial charge on any atom is -0.375 e. The monoisotopic (exact) mass is 901 g/mol. The summed E-state index contributed by atoms with van der Waals surface area (Å²) in [5.74, 6) is 5.54. The number of hydrogen-bond donors (Lipinski definition) is 0. The Balaban J connectivity index is 0.993. The molecule has 6 aliphatic carbocycles. The van der Waals surface area contributed by atoms with Gasteiger partial charge in [-0.15, -0.1) is 0 Å². The Morgan fingerprint density at radius 1 is 0.457 bits per heavy atom. The molecule has 18 rings (SSSR count). The molecule has 8 atom stereocenters. The molecule has 8 aliphatic rings. The van der Waals surface area contributed by atoms with Crippen LogP contribution in [0.15, 0.2) is 158 Å². The minimum atomic E-state index is 0.0233. The van der Waals surface area contributed by atoms with Gasteiger partial charge in [0.2, 0.25) is 0 Å². The van der Waals surface area contributed by atoms with E-state index in [2.05, 4.69) is 172 Å². The standard InChI is InChI=1S/C66H56BN3/c1-3-11-48(12-4-1)68(49-13-5-2-6-14-49)50-33-55-57-32-47(66-25-23-43-27-40(36-66)29-45(43)38-66)31-56-54-30-46(65-24-22-42-26-39(35-65)28-44(42)37-65)19-21-59(54)70(63(56)57)67-58-17-9-16-52-53-20-18-41-10-7-8-15-51(41)62(53)69(64(52)58)60(34-50)61(55)67/h1-21,30-34,39-40,42-45H,22-29,35-38H2. The lowest BCUT2D eigenvalue weighted by molar-refractivity contribution is 0.139. The predicted octanol–water partition coefficient (Wildman–Crippen LogP) is 15.4. The second-order valence-corrected chi connectivity index (χ2v) is 24.3. The van der Waals surface area contributed by atoms with E-state index >= 15 is 0 Å². The fourth-order valence-corrected chi connectivity index (χ4v) is 18.7. The smallest absolute Gasteiger partial charge is 0.333 e. The van der Waals surface area contributed by atoms with E-state index in [-0.39, 0.29) is 12.3 Å². The van der Waals surface area contributed by atoms with Gasteiger partial charge >= 0.3 is 6.85 Å². The quantitative estimate of drug-likeness (QED) is 0.157. The van der Waals surface area contributed by atoms with E-state index in [0.29, 0.717) is 5.41 Å². The van der Waals surface area contributed by atoms with Gasteiger partial charge in [-0.25, -0.2) is 0 Å². The first-order valence-corrected chi connectivity index (χ1v) is 27.2. The zero-order valence-electron chi connectivity index (χ0n) is 39.9. The Labute approximate surface area is 410 Å². The molecule has 8 aromatic carbocycles. The van der Waals surface area contributed by atoms with Crippen molar-refractivity contribution in [1.82, 2.24) is 9.05 Å². The van der Waals surface area contributed by atoms with Crippen LogP contribution in [0.25, 0.3) is 71.2 Å². The van der Waals surface area contributed by atoms with Crippen LogP contribution in [-0.2, 0) is 10.8 Å². The Hall–Kier alpha value is -6.52. The van der Waals surface area contributed by atoms with Crippen molar-refractivity contribution in [2.75, 3.05) is 4.90 Å². The number of anilines is 3. The van der Waals surface area contributed by atoms with Gasteiger partial charge in [0.25, 0.3) is 0 Å². The first-order chi connectivity index (χ1) is 34.6. The summed E-state index contributed by atoms with van der Waals surface area (Å²) in [5, 5.41) is 8.29. The van der Waals surface area contributed by atoms with Crippen LogP contribution in [0.5, 0.6) is 0 Å². The Morgan fingerprint density at radius 2 is 1.11 bits per heavy atom. The van der Waals surface area contributed by atoms with Crippen LogP contribution >= 0.6 is 0 Å². The molecule has 6 fully saturated rings. The molecule has 70 heavy (non-hydrogen) atoms. The SMILES string of the molecule is c1ccc(N(c2ccccc2)c2cc3c4c(c2)-n2c5c(cccc5c5ccc6ccccc6c52)B4n2c4ccc(C56CCC7CC(CC7C5)C6)cc4c4cc(C56CCC7CC(CC7C5)C6)cc-3c42)cc1. The summed E-state index contributed by atoms with van der Waals surface area (Å²) >= 11 is 0. The van der Waals surface area contributed by atoms with Crippen molar-refractivity contribution >= 4 is 89.2 Å². The lowest BCUT2D eigenvalue weighted by Gasteiger charge is -2.46. The lowest BCUT2D eigenvalue weighted by atomic mass is 9.45. The van der Waals surface area contributed by atoms with Crippen LogP contribution in [0.2, 0.25) is 0 Å². The molecule has 338 valence electrons. The molecule has 0 spiro atoms. The van der Waals surface area contributed by atoms with Crippen LogP contribution in [-0.4, -0.2) is 15.9 Å². The number of aromatic nitrogens is 2. The molecule has 10 aromatic rings. The minimum absolute atomic E-state index is 0.0233. The van der Waals surface area contributed by atoms with Gasteiger partial charge in [0.1, 0.15) is 0 Å². The van der Waals surface area contributed by atoms with Crippen molar-refractivity contribution in [3.8, 4) is 16.8 Å². The second-order valence-electron chi connectivity index (χ2n) is 24.3. The fraction of sp³-hybridized carbons (Fsp3) is 0.303. The van der Waals surface area contributed by atoms with E-state index < -0.39 is 0 Å². The Kier molecular flexibility index (Phi) is 7.25. The van der Waals surface area contributed by atoms with Crippen molar-refractivity contribution in [3.05, 3.63) is 169 Å². The molecule has 6 saturated carbocycles. The highest BCUT2D eigenvalue weighted by molar-refractivity contribution is 6.90. The molecule has 2 aromatic heterocycles. The topological polar surface area (TPSA) is 13.1 Å². The van der Waals surface area contributed by atoms with Crippen molar-refractivity contribution < 1.29 is 0 Å². The molecule has 0 amide bonds. The summed E-state index contributed by atoms with van der Waals surface area (Å²) in [6, 6.07) is 62.2. The maximum Gasteiger partial charge on any atom is 0.333 e. The van der Waals surface area contributed by atoms with Gasteiger partial charge in [-0.05, 0) is 217 Å². The maximum atomic E-state index is 2.87. The van der Waals surface area contributed by atoms with Gasteiger partial charge < -0.3 is 13.9 Å². The van der Waals surface area contributed by atoms with Gasteiger partial charge in [-0.2, -0.15) is 0 Å². The maximum absolute atomic E-state index is 2.87. The van der Waals surface area contributed by atoms with E-state index in [0.717, 1.165) is 35.5 Å². The fourth-order valence-electron chi connectivity index (χ4n) is 18.7. The van der Waals surface area contributed by atoms with Crippen LogP contribution in [0.1, 0.15) is 88.2 Å². The molecule has 4 heteroatoms. The van der Waals surface area contributed by atoms with Gasteiger partial charge in [-0.3, -0.25) is 0 Å². The number of rotatable bonds is 5. The lowest BCUT2D eigenvalue weighted by Crippen LogP contribution is -2.55.